The molecule has 0 aliphatic rings. The summed E-state index contributed by atoms with van der Waals surface area (Å²) < 4.78 is 61.0. The Hall–Kier alpha value is -5.09. The van der Waals surface area contributed by atoms with E-state index in [0.29, 0.717) is 25.7 Å². The van der Waals surface area contributed by atoms with Gasteiger partial charge in [0.05, 0.1) is 26.4 Å². The van der Waals surface area contributed by atoms with Crippen LogP contribution in [0.3, 0.4) is 0 Å². The molecule has 0 aliphatic heterocycles. The third-order valence-electron chi connectivity index (χ3n) is 15.9. The fourth-order valence-electron chi connectivity index (χ4n) is 10.0. The van der Waals surface area contributed by atoms with E-state index in [9.17, 15) is 43.5 Å². The molecule has 586 valence electrons. The molecule has 5 unspecified atom stereocenters. The smallest absolute Gasteiger partial charge is 0.463 e. The Bertz CT molecular complexity index is 2550. The standard InChI is InChI=1S/C85H140O16P2/c1-4-7-10-13-16-19-22-25-28-31-32-33-34-35-36-37-38-39-40-41-42-43-44-45-46-49-51-53-56-59-62-65-68-71-83(88)95-74-80(86)75-97-102(91,92)98-76-81(87)77-99-103(93,94)100-79-82(101-85(90)73-70-67-64-61-58-55-52-48-30-27-24-21-18-15-12-9-6-3)78-96-84(89)72-69-66-63-60-57-54-50-47-29-26-23-20-17-14-11-8-5-2/h7-12,16-21,25-30,32-33,35-36,38-39,50,54,60,63,80-82,86-87H,4-6,13-15,22-24,31,34,37,40-49,51-53,55-59,61-62,64-79H2,1-3H3,(H,91,92)(H,93,94)/b10-7-,11-8-,12-9-,19-16-,20-17-,21-18-,28-25-,29-26-,30-27-,33-32-,36-35-,39-38-,54-50-,63-60-. The molecule has 0 aromatic rings. The molecule has 0 spiro atoms. The van der Waals surface area contributed by atoms with Gasteiger partial charge >= 0.3 is 33.6 Å². The van der Waals surface area contributed by atoms with Crippen molar-refractivity contribution in [1.82, 2.24) is 0 Å². The van der Waals surface area contributed by atoms with Gasteiger partial charge in [0.25, 0.3) is 0 Å². The highest BCUT2D eigenvalue weighted by Gasteiger charge is 2.29. The second kappa shape index (κ2) is 76.6. The van der Waals surface area contributed by atoms with Crippen molar-refractivity contribution in [2.75, 3.05) is 39.6 Å². The number of hydrogen-bond donors (Lipinski definition) is 4. The van der Waals surface area contributed by atoms with E-state index in [1.54, 1.807) is 0 Å². The van der Waals surface area contributed by atoms with Crippen LogP contribution < -0.4 is 0 Å². The summed E-state index contributed by atoms with van der Waals surface area (Å²) in [4.78, 5) is 58.6. The summed E-state index contributed by atoms with van der Waals surface area (Å²) in [6, 6.07) is 0. The number of aliphatic hydroxyl groups is 2. The van der Waals surface area contributed by atoms with E-state index in [2.05, 4.69) is 179 Å². The van der Waals surface area contributed by atoms with E-state index in [4.69, 9.17) is 32.3 Å². The number of ether oxygens (including phenoxy) is 3. The van der Waals surface area contributed by atoms with Gasteiger partial charge in [0, 0.05) is 19.3 Å². The van der Waals surface area contributed by atoms with Crippen molar-refractivity contribution in [3.05, 3.63) is 170 Å². The van der Waals surface area contributed by atoms with Crippen LogP contribution in [0.2, 0.25) is 0 Å². The molecule has 0 aromatic heterocycles. The summed E-state index contributed by atoms with van der Waals surface area (Å²) in [6.45, 7) is 2.25. The summed E-state index contributed by atoms with van der Waals surface area (Å²) in [6.07, 6.45) is 97.1. The van der Waals surface area contributed by atoms with Crippen LogP contribution >= 0.6 is 15.6 Å². The van der Waals surface area contributed by atoms with Gasteiger partial charge in [-0.2, -0.15) is 0 Å². The summed E-state index contributed by atoms with van der Waals surface area (Å²) in [7, 11) is -9.82. The number of phosphoric acid groups is 2. The topological polar surface area (TPSA) is 231 Å². The van der Waals surface area contributed by atoms with Gasteiger partial charge in [0.15, 0.2) is 6.10 Å². The van der Waals surface area contributed by atoms with Crippen LogP contribution in [0.4, 0.5) is 0 Å². The Kier molecular flexibility index (Phi) is 72.8. The SMILES string of the molecule is CC/C=C\C/C=C\C/C=C\C/C=C\C/C=C\C/C=C\CCCCCCCCCCCCCCCCC(=O)OCC(O)COP(=O)(O)OCC(O)COP(=O)(O)OCC(COC(=O)CCC/C=C\C/C=C\C/C=C\C/C=C\C/C=C\CC)OC(=O)CCCCCCCCC/C=C\C/C=C\C/C=C\CC. The van der Waals surface area contributed by atoms with Gasteiger partial charge in [-0.25, -0.2) is 9.13 Å². The van der Waals surface area contributed by atoms with Gasteiger partial charge in [-0.05, 0) is 141 Å². The molecule has 0 aliphatic carbocycles. The fraction of sp³-hybridized carbons (Fsp3) is 0.635. The predicted molar refractivity (Wildman–Crippen MR) is 426 cm³/mol. The lowest BCUT2D eigenvalue weighted by Crippen LogP contribution is -2.30. The van der Waals surface area contributed by atoms with Crippen LogP contribution in [-0.4, -0.2) is 95.9 Å². The first kappa shape index (κ1) is 97.9. The minimum absolute atomic E-state index is 0.0761. The van der Waals surface area contributed by atoms with Crippen molar-refractivity contribution in [2.45, 2.75) is 309 Å². The Balaban J connectivity index is 4.51. The van der Waals surface area contributed by atoms with Crippen molar-refractivity contribution in [2.24, 2.45) is 0 Å². The quantitative estimate of drug-likeness (QED) is 0.0146. The van der Waals surface area contributed by atoms with Crippen molar-refractivity contribution in [3.8, 4) is 0 Å². The molecule has 0 aromatic carbocycles. The second-order valence-corrected chi connectivity index (χ2v) is 28.6. The third-order valence-corrected chi connectivity index (χ3v) is 17.8. The Morgan fingerprint density at radius 2 is 0.495 bits per heavy atom. The largest absolute Gasteiger partial charge is 0.472 e. The Labute approximate surface area is 624 Å². The molecule has 0 radical (unpaired) electrons. The number of hydrogen-bond acceptors (Lipinski definition) is 14. The normalized spacial score (nSPS) is 14.9. The molecule has 16 nitrogen and oxygen atoms in total. The van der Waals surface area contributed by atoms with Crippen LogP contribution in [-0.2, 0) is 55.8 Å². The lowest BCUT2D eigenvalue weighted by atomic mass is 10.0. The summed E-state index contributed by atoms with van der Waals surface area (Å²) in [5, 5.41) is 20.6. The first-order valence-electron chi connectivity index (χ1n) is 39.4. The molecule has 0 heterocycles. The van der Waals surface area contributed by atoms with E-state index in [-0.39, 0.29) is 19.3 Å². The van der Waals surface area contributed by atoms with Crippen LogP contribution in [0.5, 0.6) is 0 Å². The molecule has 0 amide bonds. The number of carbonyl (C=O) groups is 3. The predicted octanol–water partition coefficient (Wildman–Crippen LogP) is 23.2. The maximum Gasteiger partial charge on any atom is 0.472 e. The minimum atomic E-state index is -4.95. The first-order chi connectivity index (χ1) is 50.2. The average Bonchev–Trinajstić information content (AvgIpc) is 0.915. The number of allylic oxidation sites excluding steroid dienone is 28. The van der Waals surface area contributed by atoms with Crippen molar-refractivity contribution < 1.29 is 75.8 Å². The highest BCUT2D eigenvalue weighted by atomic mass is 31.2. The zero-order valence-corrected chi connectivity index (χ0v) is 65.7. The molecular formula is C85H140O16P2. The molecule has 4 N–H and O–H groups in total. The summed E-state index contributed by atoms with van der Waals surface area (Å²) in [5.41, 5.74) is 0. The zero-order valence-electron chi connectivity index (χ0n) is 63.9. The summed E-state index contributed by atoms with van der Waals surface area (Å²) >= 11 is 0. The number of carbonyl (C=O) groups excluding carboxylic acids is 3. The monoisotopic (exact) mass is 1480 g/mol. The molecule has 0 rings (SSSR count). The zero-order chi connectivity index (χ0) is 75.2. The van der Waals surface area contributed by atoms with Gasteiger partial charge < -0.3 is 34.2 Å². The van der Waals surface area contributed by atoms with E-state index >= 15 is 0 Å². The van der Waals surface area contributed by atoms with Crippen LogP contribution in [0.15, 0.2) is 170 Å². The number of unbranched alkanes of at least 4 members (excludes halogenated alkanes) is 22. The number of phosphoric ester groups is 2. The van der Waals surface area contributed by atoms with Crippen molar-refractivity contribution in [1.29, 1.82) is 0 Å². The van der Waals surface area contributed by atoms with Gasteiger partial charge in [0.2, 0.25) is 0 Å². The molecule has 18 heteroatoms. The average molecular weight is 1480 g/mol. The van der Waals surface area contributed by atoms with Crippen LogP contribution in [0.1, 0.15) is 290 Å². The number of rotatable bonds is 73. The van der Waals surface area contributed by atoms with E-state index in [1.807, 2.05) is 12.2 Å². The van der Waals surface area contributed by atoms with E-state index in [1.165, 1.54) is 64.2 Å². The summed E-state index contributed by atoms with van der Waals surface area (Å²) in [5.74, 6) is -1.66. The maximum atomic E-state index is 13.0. The lowest BCUT2D eigenvalue weighted by molar-refractivity contribution is -0.161. The Morgan fingerprint density at radius 3 is 0.806 bits per heavy atom. The molecule has 0 fully saturated rings. The molecule has 103 heavy (non-hydrogen) atoms. The van der Waals surface area contributed by atoms with Gasteiger partial charge in [-0.15, -0.1) is 0 Å². The highest BCUT2D eigenvalue weighted by molar-refractivity contribution is 7.47. The fourth-order valence-corrected chi connectivity index (χ4v) is 11.6. The number of aliphatic hydroxyl groups excluding tert-OH is 2. The first-order valence-corrected chi connectivity index (χ1v) is 42.4. The molecule has 0 saturated heterocycles. The maximum absolute atomic E-state index is 13.0. The molecule has 0 bridgehead atoms. The lowest BCUT2D eigenvalue weighted by Gasteiger charge is -2.21. The van der Waals surface area contributed by atoms with E-state index in [0.717, 1.165) is 161 Å². The Morgan fingerprint density at radius 1 is 0.272 bits per heavy atom. The third kappa shape index (κ3) is 77.8. The van der Waals surface area contributed by atoms with Crippen molar-refractivity contribution in [3.63, 3.8) is 0 Å². The van der Waals surface area contributed by atoms with Gasteiger partial charge in [0.1, 0.15) is 25.4 Å². The second-order valence-electron chi connectivity index (χ2n) is 25.7. The minimum Gasteiger partial charge on any atom is -0.463 e. The van der Waals surface area contributed by atoms with Crippen LogP contribution in [0, 0.1) is 0 Å². The molecule has 5 atom stereocenters. The van der Waals surface area contributed by atoms with Crippen LogP contribution in [0.25, 0.3) is 0 Å². The van der Waals surface area contributed by atoms with Crippen molar-refractivity contribution >= 4 is 33.6 Å². The van der Waals surface area contributed by atoms with E-state index < -0.39 is 91.5 Å². The molecular weight excluding hydrogens is 1340 g/mol. The highest BCUT2D eigenvalue weighted by Crippen LogP contribution is 2.45. The molecule has 0 saturated carbocycles. The van der Waals surface area contributed by atoms with Gasteiger partial charge in [-0.1, -0.05) is 300 Å². The number of esters is 3. The van der Waals surface area contributed by atoms with Gasteiger partial charge in [-0.3, -0.25) is 32.5 Å².